The van der Waals surface area contributed by atoms with E-state index in [4.69, 9.17) is 9.47 Å². The highest BCUT2D eigenvalue weighted by molar-refractivity contribution is 5.94. The zero-order valence-corrected chi connectivity index (χ0v) is 16.4. The lowest BCUT2D eigenvalue weighted by Crippen LogP contribution is -2.36. The summed E-state index contributed by atoms with van der Waals surface area (Å²) in [6, 6.07) is 14.0. The van der Waals surface area contributed by atoms with Gasteiger partial charge in [-0.25, -0.2) is 0 Å². The van der Waals surface area contributed by atoms with Gasteiger partial charge in [0.1, 0.15) is 11.5 Å². The minimum atomic E-state index is -0.279. The van der Waals surface area contributed by atoms with Crippen LogP contribution < -0.4 is 25.4 Å². The molecule has 0 saturated carbocycles. The van der Waals surface area contributed by atoms with Crippen LogP contribution in [0.2, 0.25) is 0 Å². The van der Waals surface area contributed by atoms with E-state index < -0.39 is 0 Å². The van der Waals surface area contributed by atoms with Gasteiger partial charge in [0.05, 0.1) is 7.11 Å². The minimum absolute atomic E-state index is 0. The second kappa shape index (κ2) is 10.5. The average Bonchev–Trinajstić information content (AvgIpc) is 3.20. The maximum absolute atomic E-state index is 12.2. The third-order valence-electron chi connectivity index (χ3n) is 4.24. The first-order valence-electron chi connectivity index (χ1n) is 8.82. The molecule has 1 unspecified atom stereocenters. The topological polar surface area (TPSA) is 88.7 Å². The first-order chi connectivity index (χ1) is 13.1. The summed E-state index contributed by atoms with van der Waals surface area (Å²) in [6.07, 6.45) is 0.940. The van der Waals surface area contributed by atoms with Crippen LogP contribution in [0.4, 0.5) is 5.69 Å². The third-order valence-corrected chi connectivity index (χ3v) is 4.24. The number of hydrogen-bond acceptors (Lipinski definition) is 5. The van der Waals surface area contributed by atoms with Gasteiger partial charge >= 0.3 is 0 Å². The quantitative estimate of drug-likeness (QED) is 0.657. The fourth-order valence-electron chi connectivity index (χ4n) is 2.80. The summed E-state index contributed by atoms with van der Waals surface area (Å²) >= 11 is 0. The van der Waals surface area contributed by atoms with E-state index in [0.717, 1.165) is 19.5 Å². The van der Waals surface area contributed by atoms with E-state index in [9.17, 15) is 9.59 Å². The Morgan fingerprint density at radius 2 is 1.93 bits per heavy atom. The number of halogens is 1. The van der Waals surface area contributed by atoms with Crippen molar-refractivity contribution in [3.8, 4) is 11.5 Å². The maximum atomic E-state index is 12.2. The van der Waals surface area contributed by atoms with E-state index in [1.807, 2.05) is 0 Å². The molecule has 28 heavy (non-hydrogen) atoms. The van der Waals surface area contributed by atoms with E-state index in [0.29, 0.717) is 22.7 Å². The first-order valence-corrected chi connectivity index (χ1v) is 8.82. The smallest absolute Gasteiger partial charge is 0.262 e. The highest BCUT2D eigenvalue weighted by Crippen LogP contribution is 2.17. The predicted octanol–water partition coefficient (Wildman–Crippen LogP) is 2.23. The molecule has 1 heterocycles. The molecule has 7 nitrogen and oxygen atoms in total. The fourth-order valence-corrected chi connectivity index (χ4v) is 2.80. The molecule has 2 aromatic carbocycles. The highest BCUT2D eigenvalue weighted by Gasteiger charge is 2.17. The van der Waals surface area contributed by atoms with Gasteiger partial charge in [-0.1, -0.05) is 6.07 Å². The molecule has 2 amide bonds. The second-order valence-corrected chi connectivity index (χ2v) is 6.26. The Kier molecular flexibility index (Phi) is 8.10. The van der Waals surface area contributed by atoms with Crippen molar-refractivity contribution in [2.45, 2.75) is 12.5 Å². The van der Waals surface area contributed by atoms with E-state index in [-0.39, 0.29) is 36.9 Å². The zero-order chi connectivity index (χ0) is 19.1. The molecule has 0 aliphatic carbocycles. The van der Waals surface area contributed by atoms with E-state index in [2.05, 4.69) is 16.0 Å². The molecule has 0 aromatic heterocycles. The number of rotatable bonds is 7. The first kappa shape index (κ1) is 21.5. The van der Waals surface area contributed by atoms with Crippen LogP contribution >= 0.6 is 12.4 Å². The largest absolute Gasteiger partial charge is 0.497 e. The molecule has 3 N–H and O–H groups in total. The van der Waals surface area contributed by atoms with Gasteiger partial charge in [0, 0.05) is 29.9 Å². The zero-order valence-electron chi connectivity index (χ0n) is 15.6. The molecule has 1 aliphatic rings. The number of hydrogen-bond donors (Lipinski definition) is 3. The van der Waals surface area contributed by atoms with Crippen molar-refractivity contribution in [2.24, 2.45) is 0 Å². The molecular weight excluding hydrogens is 382 g/mol. The summed E-state index contributed by atoms with van der Waals surface area (Å²) < 4.78 is 10.6. The SMILES string of the molecule is COc1cccc(NC(=O)COc2ccc(C(=O)NC3CCNC3)cc2)c1.Cl. The van der Waals surface area contributed by atoms with Gasteiger partial charge in [0.2, 0.25) is 0 Å². The number of nitrogens with one attached hydrogen (secondary N) is 3. The summed E-state index contributed by atoms with van der Waals surface area (Å²) in [5.74, 6) is 0.802. The van der Waals surface area contributed by atoms with Crippen LogP contribution in [-0.2, 0) is 4.79 Å². The Balaban J connectivity index is 0.00000280. The van der Waals surface area contributed by atoms with E-state index >= 15 is 0 Å². The molecule has 1 fully saturated rings. The average molecular weight is 406 g/mol. The van der Waals surface area contributed by atoms with E-state index in [1.54, 1.807) is 55.6 Å². The number of anilines is 1. The molecule has 0 spiro atoms. The number of carbonyl (C=O) groups is 2. The number of ether oxygens (including phenoxy) is 2. The summed E-state index contributed by atoms with van der Waals surface area (Å²) in [5.41, 5.74) is 1.20. The Hall–Kier alpha value is -2.77. The number of carbonyl (C=O) groups excluding carboxylic acids is 2. The van der Waals surface area contributed by atoms with Crippen molar-refractivity contribution in [1.82, 2.24) is 10.6 Å². The van der Waals surface area contributed by atoms with Gasteiger partial charge in [0.15, 0.2) is 6.61 Å². The van der Waals surface area contributed by atoms with Crippen molar-refractivity contribution >= 4 is 29.9 Å². The van der Waals surface area contributed by atoms with Crippen molar-refractivity contribution in [1.29, 1.82) is 0 Å². The Bertz CT molecular complexity index is 792. The van der Waals surface area contributed by atoms with Crippen LogP contribution in [-0.4, -0.2) is 44.7 Å². The van der Waals surface area contributed by atoms with Crippen molar-refractivity contribution in [3.05, 3.63) is 54.1 Å². The lowest BCUT2D eigenvalue weighted by Gasteiger charge is -2.12. The summed E-state index contributed by atoms with van der Waals surface area (Å²) in [7, 11) is 1.57. The van der Waals surface area contributed by atoms with E-state index in [1.165, 1.54) is 0 Å². The molecule has 1 atom stereocenters. The Morgan fingerprint density at radius 3 is 2.61 bits per heavy atom. The molecule has 8 heteroatoms. The summed E-state index contributed by atoms with van der Waals surface area (Å²) in [4.78, 5) is 24.2. The van der Waals surface area contributed by atoms with Gasteiger partial charge in [-0.15, -0.1) is 12.4 Å². The van der Waals surface area contributed by atoms with Crippen LogP contribution in [0.3, 0.4) is 0 Å². The van der Waals surface area contributed by atoms with Crippen molar-refractivity contribution < 1.29 is 19.1 Å². The Labute approximate surface area is 170 Å². The van der Waals surface area contributed by atoms with Gasteiger partial charge in [-0.05, 0) is 49.4 Å². The third kappa shape index (κ3) is 6.14. The summed E-state index contributed by atoms with van der Waals surface area (Å²) in [5, 5.41) is 8.94. The predicted molar refractivity (Wildman–Crippen MR) is 110 cm³/mol. The Morgan fingerprint density at radius 1 is 1.14 bits per heavy atom. The molecule has 1 aliphatic heterocycles. The molecule has 1 saturated heterocycles. The van der Waals surface area contributed by atoms with Crippen molar-refractivity contribution in [3.63, 3.8) is 0 Å². The highest BCUT2D eigenvalue weighted by atomic mass is 35.5. The van der Waals surface area contributed by atoms with Crippen LogP contribution in [0.15, 0.2) is 48.5 Å². The number of amides is 2. The van der Waals surface area contributed by atoms with Gasteiger partial charge in [-0.3, -0.25) is 9.59 Å². The number of methoxy groups -OCH3 is 1. The fraction of sp³-hybridized carbons (Fsp3) is 0.300. The minimum Gasteiger partial charge on any atom is -0.497 e. The molecule has 0 bridgehead atoms. The molecule has 150 valence electrons. The summed E-state index contributed by atoms with van der Waals surface area (Å²) in [6.45, 7) is 1.60. The van der Waals surface area contributed by atoms with Gasteiger partial charge in [-0.2, -0.15) is 0 Å². The van der Waals surface area contributed by atoms with Crippen LogP contribution in [0.5, 0.6) is 11.5 Å². The molecule has 3 rings (SSSR count). The molecule has 0 radical (unpaired) electrons. The lowest BCUT2D eigenvalue weighted by molar-refractivity contribution is -0.118. The number of benzene rings is 2. The van der Waals surface area contributed by atoms with Crippen LogP contribution in [0.1, 0.15) is 16.8 Å². The van der Waals surface area contributed by atoms with Gasteiger partial charge in [0.25, 0.3) is 11.8 Å². The monoisotopic (exact) mass is 405 g/mol. The molecular formula is C20H24ClN3O4. The van der Waals surface area contributed by atoms with Gasteiger partial charge < -0.3 is 25.4 Å². The van der Waals surface area contributed by atoms with Crippen LogP contribution in [0, 0.1) is 0 Å². The normalized spacial score (nSPS) is 15.2. The lowest BCUT2D eigenvalue weighted by atomic mass is 10.2. The molecule has 2 aromatic rings. The second-order valence-electron chi connectivity index (χ2n) is 6.26. The van der Waals surface area contributed by atoms with Crippen molar-refractivity contribution in [2.75, 3.05) is 32.1 Å². The van der Waals surface area contributed by atoms with Crippen LogP contribution in [0.25, 0.3) is 0 Å². The standard InChI is InChI=1S/C20H23N3O4.ClH/c1-26-18-4-2-3-15(11-18)22-19(24)13-27-17-7-5-14(6-8-17)20(25)23-16-9-10-21-12-16;/h2-8,11,16,21H,9-10,12-13H2,1H3,(H,22,24)(H,23,25);1H. The maximum Gasteiger partial charge on any atom is 0.262 e.